The van der Waals surface area contributed by atoms with Crippen LogP contribution in [0.3, 0.4) is 0 Å². The fraction of sp³-hybridized carbons (Fsp3) is 0.357. The average Bonchev–Trinajstić information content (AvgIpc) is 2.72. The summed E-state index contributed by atoms with van der Waals surface area (Å²) in [6.45, 7) is 2.14. The third-order valence-corrected chi connectivity index (χ3v) is 4.43. The largest absolute Gasteiger partial charge is 0.545 e. The molecule has 20 heavy (non-hydrogen) atoms. The summed E-state index contributed by atoms with van der Waals surface area (Å²) in [6.07, 6.45) is 4.39. The highest BCUT2D eigenvalue weighted by Gasteiger charge is 2.24. The van der Waals surface area contributed by atoms with E-state index in [1.54, 1.807) is 0 Å². The molecule has 1 aliphatic carbocycles. The topological polar surface area (TPSA) is 93.0 Å². The molecule has 0 saturated carbocycles. The molecule has 5 nitrogen and oxygen atoms in total. The third kappa shape index (κ3) is 3.06. The number of carboxylic acids is 1. The van der Waals surface area contributed by atoms with E-state index >= 15 is 0 Å². The van der Waals surface area contributed by atoms with Gasteiger partial charge in [0.2, 0.25) is 5.91 Å². The Kier molecular flexibility index (Phi) is 4.20. The van der Waals surface area contributed by atoms with Crippen LogP contribution in [0.15, 0.2) is 12.2 Å². The number of nitrogens with one attached hydrogen (secondary N) is 1. The molecule has 0 radical (unpaired) electrons. The Balaban J connectivity index is 2.23. The maximum atomic E-state index is 11.6. The maximum Gasteiger partial charge on any atom is 0.249 e. The normalized spacial score (nSPS) is 17.5. The number of thiophene rings is 1. The second-order valence-electron chi connectivity index (χ2n) is 4.81. The predicted molar refractivity (Wildman–Crippen MR) is 73.0 cm³/mol. The number of hydrogen-bond acceptors (Lipinski definition) is 5. The zero-order valence-corrected chi connectivity index (χ0v) is 11.8. The molecule has 1 aliphatic rings. The predicted octanol–water partition coefficient (Wildman–Crippen LogP) is 0.989. The number of nitrogens with zero attached hydrogens (tertiary/aromatic N) is 1. The van der Waals surface area contributed by atoms with Gasteiger partial charge in [0.05, 0.1) is 11.5 Å². The Morgan fingerprint density at radius 3 is 2.90 bits per heavy atom. The van der Waals surface area contributed by atoms with Gasteiger partial charge in [0.1, 0.15) is 11.1 Å². The molecule has 104 valence electrons. The van der Waals surface area contributed by atoms with Gasteiger partial charge >= 0.3 is 0 Å². The first-order valence-electron chi connectivity index (χ1n) is 6.26. The zero-order chi connectivity index (χ0) is 14.7. The van der Waals surface area contributed by atoms with Crippen molar-refractivity contribution in [2.24, 2.45) is 5.92 Å². The van der Waals surface area contributed by atoms with Crippen LogP contribution in [0.2, 0.25) is 0 Å². The van der Waals surface area contributed by atoms with Gasteiger partial charge in [-0.05, 0) is 36.8 Å². The van der Waals surface area contributed by atoms with E-state index in [4.69, 9.17) is 0 Å². The van der Waals surface area contributed by atoms with E-state index in [1.807, 2.05) is 0 Å². The van der Waals surface area contributed by atoms with Crippen molar-refractivity contribution in [1.82, 2.24) is 0 Å². The number of amides is 1. The van der Waals surface area contributed by atoms with Crippen molar-refractivity contribution in [3.63, 3.8) is 0 Å². The minimum atomic E-state index is -1.43. The molecule has 0 spiro atoms. The number of hydrogen-bond donors (Lipinski definition) is 1. The molecular weight excluding hydrogens is 276 g/mol. The molecule has 0 fully saturated rings. The van der Waals surface area contributed by atoms with E-state index in [9.17, 15) is 20.0 Å². The van der Waals surface area contributed by atoms with Crippen molar-refractivity contribution in [3.8, 4) is 6.07 Å². The molecule has 1 heterocycles. The second kappa shape index (κ2) is 5.88. The lowest BCUT2D eigenvalue weighted by Gasteiger charge is -2.17. The molecule has 0 aliphatic heterocycles. The highest BCUT2D eigenvalue weighted by Crippen LogP contribution is 2.39. The smallest absolute Gasteiger partial charge is 0.249 e. The summed E-state index contributed by atoms with van der Waals surface area (Å²) in [7, 11) is 0. The molecule has 0 aromatic carbocycles. The number of rotatable bonds is 3. The first kappa shape index (κ1) is 14.3. The summed E-state index contributed by atoms with van der Waals surface area (Å²) < 4.78 is 0. The van der Waals surface area contributed by atoms with Crippen LogP contribution in [0.5, 0.6) is 0 Å². The number of aryl methyl sites for hydroxylation is 1. The van der Waals surface area contributed by atoms with Crippen molar-refractivity contribution in [3.05, 3.63) is 28.2 Å². The summed E-state index contributed by atoms with van der Waals surface area (Å²) in [5.41, 5.74) is 1.53. The highest BCUT2D eigenvalue weighted by molar-refractivity contribution is 7.16. The average molecular weight is 289 g/mol. The van der Waals surface area contributed by atoms with Gasteiger partial charge in [0.15, 0.2) is 0 Å². The van der Waals surface area contributed by atoms with Gasteiger partial charge < -0.3 is 15.2 Å². The molecule has 1 aromatic heterocycles. The fourth-order valence-electron chi connectivity index (χ4n) is 2.26. The van der Waals surface area contributed by atoms with E-state index in [0.29, 0.717) is 22.6 Å². The van der Waals surface area contributed by atoms with Crippen LogP contribution < -0.4 is 10.4 Å². The summed E-state index contributed by atoms with van der Waals surface area (Å²) in [4.78, 5) is 23.0. The van der Waals surface area contributed by atoms with Crippen molar-refractivity contribution < 1.29 is 14.7 Å². The van der Waals surface area contributed by atoms with Crippen LogP contribution in [0.1, 0.15) is 29.3 Å². The van der Waals surface area contributed by atoms with Gasteiger partial charge in [-0.25, -0.2) is 0 Å². The van der Waals surface area contributed by atoms with Crippen molar-refractivity contribution in [2.75, 3.05) is 5.32 Å². The Morgan fingerprint density at radius 1 is 1.50 bits per heavy atom. The molecule has 0 unspecified atom stereocenters. The quantitative estimate of drug-likeness (QED) is 0.840. The van der Waals surface area contributed by atoms with Crippen LogP contribution in [-0.2, 0) is 22.4 Å². The number of nitriles is 1. The van der Waals surface area contributed by atoms with E-state index in [2.05, 4.69) is 18.3 Å². The second-order valence-corrected chi connectivity index (χ2v) is 5.91. The summed E-state index contributed by atoms with van der Waals surface area (Å²) in [6, 6.07) is 2.14. The lowest BCUT2D eigenvalue weighted by Crippen LogP contribution is -2.20. The minimum absolute atomic E-state index is 0.500. The monoisotopic (exact) mass is 289 g/mol. The molecule has 1 aromatic rings. The van der Waals surface area contributed by atoms with Gasteiger partial charge in [-0.15, -0.1) is 11.3 Å². The number of fused-ring (bicyclic) bond motifs is 1. The Morgan fingerprint density at radius 2 is 2.25 bits per heavy atom. The van der Waals surface area contributed by atoms with Crippen LogP contribution >= 0.6 is 11.3 Å². The van der Waals surface area contributed by atoms with Gasteiger partial charge in [0, 0.05) is 11.0 Å². The SMILES string of the molecule is C[C@H]1CCc2sc(NC(=O)/C=C/C(=O)[O-])c(C#N)c2C1. The fourth-order valence-corrected chi connectivity index (χ4v) is 3.46. The lowest BCUT2D eigenvalue weighted by molar-refractivity contribution is -0.297. The lowest BCUT2D eigenvalue weighted by atomic mass is 9.88. The van der Waals surface area contributed by atoms with E-state index in [0.717, 1.165) is 35.8 Å². The van der Waals surface area contributed by atoms with Crippen molar-refractivity contribution >= 4 is 28.2 Å². The number of carbonyl (C=O) groups excluding carboxylic acids is 2. The molecule has 1 N–H and O–H groups in total. The Bertz CT molecular complexity index is 625. The third-order valence-electron chi connectivity index (χ3n) is 3.23. The van der Waals surface area contributed by atoms with Gasteiger partial charge in [-0.3, -0.25) is 4.79 Å². The molecule has 2 rings (SSSR count). The summed E-state index contributed by atoms with van der Waals surface area (Å²) in [5, 5.41) is 22.6. The molecule has 0 bridgehead atoms. The summed E-state index contributed by atoms with van der Waals surface area (Å²) in [5.74, 6) is -1.47. The molecule has 1 atom stereocenters. The summed E-state index contributed by atoms with van der Waals surface area (Å²) >= 11 is 1.40. The first-order chi connectivity index (χ1) is 9.51. The van der Waals surface area contributed by atoms with E-state index in [-0.39, 0.29) is 0 Å². The first-order valence-corrected chi connectivity index (χ1v) is 7.07. The van der Waals surface area contributed by atoms with E-state index < -0.39 is 11.9 Å². The number of aliphatic carboxylic acids is 1. The number of carboxylic acid groups (broad SMARTS) is 1. The Hall–Kier alpha value is -2.13. The highest BCUT2D eigenvalue weighted by atomic mass is 32.1. The van der Waals surface area contributed by atoms with Crippen LogP contribution in [0.4, 0.5) is 5.00 Å². The van der Waals surface area contributed by atoms with Crippen LogP contribution in [0.25, 0.3) is 0 Å². The minimum Gasteiger partial charge on any atom is -0.545 e. The molecule has 6 heteroatoms. The molecular formula is C14H13N2O3S-. The van der Waals surface area contributed by atoms with Crippen molar-refractivity contribution in [1.29, 1.82) is 5.26 Å². The maximum absolute atomic E-state index is 11.6. The molecule has 0 saturated heterocycles. The van der Waals surface area contributed by atoms with Gasteiger partial charge in [0.25, 0.3) is 0 Å². The van der Waals surface area contributed by atoms with Crippen LogP contribution in [-0.4, -0.2) is 11.9 Å². The number of carbonyl (C=O) groups is 2. The van der Waals surface area contributed by atoms with E-state index in [1.165, 1.54) is 11.3 Å². The van der Waals surface area contributed by atoms with Crippen molar-refractivity contribution in [2.45, 2.75) is 26.2 Å². The standard InChI is InChI=1S/C14H14N2O3S/c1-8-2-3-11-9(6-8)10(7-15)14(20-11)16-12(17)4-5-13(18)19/h4-5,8H,2-3,6H2,1H3,(H,16,17)(H,18,19)/p-1/b5-4+/t8-/m0/s1. The van der Waals surface area contributed by atoms with Gasteiger partial charge in [-0.1, -0.05) is 6.92 Å². The van der Waals surface area contributed by atoms with Crippen LogP contribution in [0, 0.1) is 17.2 Å². The Labute approximate surface area is 120 Å². The van der Waals surface area contributed by atoms with Gasteiger partial charge in [-0.2, -0.15) is 5.26 Å². The zero-order valence-electron chi connectivity index (χ0n) is 10.9. The molecule has 1 amide bonds. The number of anilines is 1.